The average Bonchev–Trinajstić information content (AvgIpc) is 2.53. The summed E-state index contributed by atoms with van der Waals surface area (Å²) in [6.07, 6.45) is -5.11. The highest BCUT2D eigenvalue weighted by Gasteiger charge is 2.30. The SMILES string of the molecule is OC(CNCc1ccccc1)COc1ccc(C(F)(F)F)cc1. The minimum atomic E-state index is -4.36. The van der Waals surface area contributed by atoms with Gasteiger partial charge in [-0.15, -0.1) is 0 Å². The summed E-state index contributed by atoms with van der Waals surface area (Å²) in [4.78, 5) is 0. The largest absolute Gasteiger partial charge is 0.491 e. The fourth-order valence-corrected chi connectivity index (χ4v) is 1.97. The summed E-state index contributed by atoms with van der Waals surface area (Å²) in [5.41, 5.74) is 0.373. The maximum Gasteiger partial charge on any atom is 0.416 e. The van der Waals surface area contributed by atoms with Gasteiger partial charge in [-0.25, -0.2) is 0 Å². The Labute approximate surface area is 132 Å². The second-order valence-electron chi connectivity index (χ2n) is 5.10. The highest BCUT2D eigenvalue weighted by molar-refractivity contribution is 5.28. The third-order valence-electron chi connectivity index (χ3n) is 3.18. The van der Waals surface area contributed by atoms with E-state index >= 15 is 0 Å². The molecule has 0 spiro atoms. The third-order valence-corrected chi connectivity index (χ3v) is 3.18. The lowest BCUT2D eigenvalue weighted by atomic mass is 10.2. The van der Waals surface area contributed by atoms with Crippen molar-refractivity contribution in [2.24, 2.45) is 0 Å². The van der Waals surface area contributed by atoms with Gasteiger partial charge in [0.15, 0.2) is 0 Å². The second kappa shape index (κ2) is 7.99. The van der Waals surface area contributed by atoms with Gasteiger partial charge in [0.1, 0.15) is 18.5 Å². The van der Waals surface area contributed by atoms with Gasteiger partial charge in [-0.2, -0.15) is 13.2 Å². The Morgan fingerprint density at radius 3 is 2.26 bits per heavy atom. The Morgan fingerprint density at radius 2 is 1.65 bits per heavy atom. The number of halogens is 3. The molecule has 0 aliphatic carbocycles. The molecule has 0 aliphatic heterocycles. The molecule has 0 aromatic heterocycles. The zero-order valence-electron chi connectivity index (χ0n) is 12.4. The summed E-state index contributed by atoms with van der Waals surface area (Å²) in [5.74, 6) is 0.292. The van der Waals surface area contributed by atoms with E-state index in [1.54, 1.807) is 0 Å². The zero-order valence-corrected chi connectivity index (χ0v) is 12.4. The number of alkyl halides is 3. The van der Waals surface area contributed by atoms with Crippen LogP contribution in [0.3, 0.4) is 0 Å². The van der Waals surface area contributed by atoms with Crippen molar-refractivity contribution >= 4 is 0 Å². The summed E-state index contributed by atoms with van der Waals surface area (Å²) < 4.78 is 42.6. The minimum absolute atomic E-state index is 0.00710. The lowest BCUT2D eigenvalue weighted by Crippen LogP contribution is -2.31. The van der Waals surface area contributed by atoms with Crippen LogP contribution in [0.25, 0.3) is 0 Å². The molecule has 0 saturated heterocycles. The van der Waals surface area contributed by atoms with E-state index in [4.69, 9.17) is 4.74 Å². The molecule has 0 heterocycles. The van der Waals surface area contributed by atoms with E-state index in [9.17, 15) is 18.3 Å². The summed E-state index contributed by atoms with van der Waals surface area (Å²) in [7, 11) is 0. The molecule has 0 aliphatic rings. The fraction of sp³-hybridized carbons (Fsp3) is 0.294. The lowest BCUT2D eigenvalue weighted by molar-refractivity contribution is -0.137. The number of ether oxygens (including phenoxy) is 1. The normalized spacial score (nSPS) is 12.9. The first-order chi connectivity index (χ1) is 10.9. The summed E-state index contributed by atoms with van der Waals surface area (Å²) in [6, 6.07) is 14.1. The van der Waals surface area contributed by atoms with Crippen molar-refractivity contribution < 1.29 is 23.0 Å². The summed E-state index contributed by atoms with van der Waals surface area (Å²) in [6.45, 7) is 0.959. The molecule has 0 fully saturated rings. The average molecular weight is 325 g/mol. The predicted octanol–water partition coefficient (Wildman–Crippen LogP) is 3.23. The Bertz CT molecular complexity index is 585. The molecule has 2 rings (SSSR count). The Kier molecular flexibility index (Phi) is 6.01. The van der Waals surface area contributed by atoms with Gasteiger partial charge in [0, 0.05) is 13.1 Å². The van der Waals surface area contributed by atoms with Crippen LogP contribution in [0.15, 0.2) is 54.6 Å². The number of benzene rings is 2. The summed E-state index contributed by atoms with van der Waals surface area (Å²) in [5, 5.41) is 12.9. The van der Waals surface area contributed by atoms with Gasteiger partial charge in [-0.05, 0) is 29.8 Å². The van der Waals surface area contributed by atoms with Crippen molar-refractivity contribution in [1.82, 2.24) is 5.32 Å². The van der Waals surface area contributed by atoms with Crippen LogP contribution < -0.4 is 10.1 Å². The van der Waals surface area contributed by atoms with Crippen molar-refractivity contribution in [3.8, 4) is 5.75 Å². The third kappa shape index (κ3) is 5.92. The molecule has 2 aromatic rings. The Hall–Kier alpha value is -2.05. The highest BCUT2D eigenvalue weighted by atomic mass is 19.4. The van der Waals surface area contributed by atoms with Gasteiger partial charge in [0.05, 0.1) is 5.56 Å². The van der Waals surface area contributed by atoms with Gasteiger partial charge >= 0.3 is 6.18 Å². The van der Waals surface area contributed by atoms with E-state index in [-0.39, 0.29) is 6.61 Å². The molecule has 1 atom stereocenters. The molecule has 124 valence electrons. The maximum absolute atomic E-state index is 12.4. The number of hydrogen-bond donors (Lipinski definition) is 2. The van der Waals surface area contributed by atoms with E-state index in [2.05, 4.69) is 5.32 Å². The van der Waals surface area contributed by atoms with Crippen LogP contribution in [0.4, 0.5) is 13.2 Å². The highest BCUT2D eigenvalue weighted by Crippen LogP contribution is 2.30. The fourth-order valence-electron chi connectivity index (χ4n) is 1.97. The predicted molar refractivity (Wildman–Crippen MR) is 81.1 cm³/mol. The molecule has 2 N–H and O–H groups in total. The number of rotatable bonds is 7. The van der Waals surface area contributed by atoms with Gasteiger partial charge in [0.25, 0.3) is 0 Å². The molecule has 1 unspecified atom stereocenters. The van der Waals surface area contributed by atoms with E-state index in [0.717, 1.165) is 17.7 Å². The van der Waals surface area contributed by atoms with Crippen LogP contribution in [-0.4, -0.2) is 24.4 Å². The van der Waals surface area contributed by atoms with Crippen molar-refractivity contribution in [3.63, 3.8) is 0 Å². The Morgan fingerprint density at radius 1 is 1.00 bits per heavy atom. The van der Waals surface area contributed by atoms with E-state index in [1.807, 2.05) is 30.3 Å². The molecular weight excluding hydrogens is 307 g/mol. The number of aliphatic hydroxyl groups is 1. The van der Waals surface area contributed by atoms with Crippen molar-refractivity contribution in [3.05, 3.63) is 65.7 Å². The van der Waals surface area contributed by atoms with Gasteiger partial charge in [0.2, 0.25) is 0 Å². The molecule has 0 bridgehead atoms. The monoisotopic (exact) mass is 325 g/mol. The van der Waals surface area contributed by atoms with Gasteiger partial charge < -0.3 is 15.2 Å². The molecule has 0 saturated carbocycles. The Balaban J connectivity index is 1.71. The molecule has 3 nitrogen and oxygen atoms in total. The number of nitrogens with one attached hydrogen (secondary N) is 1. The van der Waals surface area contributed by atoms with Crippen molar-refractivity contribution in [1.29, 1.82) is 0 Å². The summed E-state index contributed by atoms with van der Waals surface area (Å²) >= 11 is 0. The number of hydrogen-bond acceptors (Lipinski definition) is 3. The van der Waals surface area contributed by atoms with Crippen LogP contribution in [0, 0.1) is 0 Å². The molecule has 23 heavy (non-hydrogen) atoms. The van der Waals surface area contributed by atoms with Crippen LogP contribution in [0.1, 0.15) is 11.1 Å². The zero-order chi connectivity index (χ0) is 16.7. The smallest absolute Gasteiger partial charge is 0.416 e. The quantitative estimate of drug-likeness (QED) is 0.821. The van der Waals surface area contributed by atoms with Gasteiger partial charge in [-0.1, -0.05) is 30.3 Å². The molecule has 2 aromatic carbocycles. The first-order valence-corrected chi connectivity index (χ1v) is 7.18. The van der Waals surface area contributed by atoms with E-state index in [0.29, 0.717) is 18.8 Å². The molecular formula is C17H18F3NO2. The maximum atomic E-state index is 12.4. The minimum Gasteiger partial charge on any atom is -0.491 e. The van der Waals surface area contributed by atoms with Crippen LogP contribution >= 0.6 is 0 Å². The standard InChI is InChI=1S/C17H18F3NO2/c18-17(19,20)14-6-8-16(9-7-14)23-12-15(22)11-21-10-13-4-2-1-3-5-13/h1-9,15,21-22H,10-12H2. The lowest BCUT2D eigenvalue weighted by Gasteiger charge is -2.14. The van der Waals surface area contributed by atoms with Crippen LogP contribution in [-0.2, 0) is 12.7 Å². The van der Waals surface area contributed by atoms with Crippen LogP contribution in [0.2, 0.25) is 0 Å². The van der Waals surface area contributed by atoms with Crippen molar-refractivity contribution in [2.45, 2.75) is 18.8 Å². The molecule has 0 radical (unpaired) electrons. The second-order valence-corrected chi connectivity index (χ2v) is 5.10. The van der Waals surface area contributed by atoms with E-state index < -0.39 is 17.8 Å². The van der Waals surface area contributed by atoms with Crippen molar-refractivity contribution in [2.75, 3.05) is 13.2 Å². The topological polar surface area (TPSA) is 41.5 Å². The number of aliphatic hydroxyl groups excluding tert-OH is 1. The van der Waals surface area contributed by atoms with Gasteiger partial charge in [-0.3, -0.25) is 0 Å². The first-order valence-electron chi connectivity index (χ1n) is 7.18. The van der Waals surface area contributed by atoms with E-state index in [1.165, 1.54) is 12.1 Å². The molecule has 0 amide bonds. The molecule has 6 heteroatoms. The first kappa shape index (κ1) is 17.3. The van der Waals surface area contributed by atoms with Crippen LogP contribution in [0.5, 0.6) is 5.75 Å².